The molecule has 0 unspecified atom stereocenters. The third-order valence-corrected chi connectivity index (χ3v) is 6.38. The zero-order valence-corrected chi connectivity index (χ0v) is 22.9. The summed E-state index contributed by atoms with van der Waals surface area (Å²) < 4.78 is 13.3. The molecule has 0 saturated carbocycles. The van der Waals surface area contributed by atoms with E-state index in [1.165, 1.54) is 4.90 Å². The van der Waals surface area contributed by atoms with Gasteiger partial charge in [-0.25, -0.2) is 9.78 Å². The van der Waals surface area contributed by atoms with Crippen LogP contribution >= 0.6 is 0 Å². The maximum absolute atomic E-state index is 12.0. The minimum absolute atomic E-state index is 0.0806. The van der Waals surface area contributed by atoms with Crippen LogP contribution < -0.4 is 15.2 Å². The topological polar surface area (TPSA) is 129 Å². The third kappa shape index (κ3) is 6.76. The van der Waals surface area contributed by atoms with Crippen molar-refractivity contribution in [3.63, 3.8) is 0 Å². The van der Waals surface area contributed by atoms with Gasteiger partial charge in [0.25, 0.3) is 5.88 Å². The molecule has 10 nitrogen and oxygen atoms in total. The molecule has 0 radical (unpaired) electrons. The molecule has 0 spiro atoms. The molecule has 0 fully saturated rings. The monoisotopic (exact) mass is 532 g/mol. The van der Waals surface area contributed by atoms with Crippen molar-refractivity contribution in [3.05, 3.63) is 71.0 Å². The lowest BCUT2D eigenvalue weighted by Crippen LogP contribution is -2.28. The Balaban J connectivity index is 1.57. The van der Waals surface area contributed by atoms with Crippen LogP contribution in [0.5, 0.6) is 11.6 Å². The number of unbranched alkanes of at least 4 members (excludes halogenated alkanes) is 1. The quantitative estimate of drug-likeness (QED) is 0.252. The molecule has 1 amide bonds. The minimum atomic E-state index is -0.975. The second kappa shape index (κ2) is 12.5. The highest BCUT2D eigenvalue weighted by molar-refractivity contribution is 5.88. The van der Waals surface area contributed by atoms with Gasteiger partial charge in [-0.3, -0.25) is 4.90 Å². The summed E-state index contributed by atoms with van der Waals surface area (Å²) in [5.74, 6) is 2.33. The number of anilines is 1. The van der Waals surface area contributed by atoms with Gasteiger partial charge in [-0.1, -0.05) is 49.7 Å². The normalized spacial score (nSPS) is 11.2. The van der Waals surface area contributed by atoms with E-state index in [9.17, 15) is 9.90 Å². The third-order valence-electron chi connectivity index (χ3n) is 6.38. The average Bonchev–Trinajstić information content (AvgIpc) is 3.28. The summed E-state index contributed by atoms with van der Waals surface area (Å²) in [6.07, 6.45) is 1.76. The van der Waals surface area contributed by atoms with E-state index >= 15 is 0 Å². The number of hydrogen-bond acceptors (Lipinski definition) is 7. The number of imidazole rings is 1. The van der Waals surface area contributed by atoms with Gasteiger partial charge in [0.1, 0.15) is 22.6 Å². The van der Waals surface area contributed by atoms with Crippen molar-refractivity contribution in [1.29, 1.82) is 0 Å². The van der Waals surface area contributed by atoms with Crippen molar-refractivity contribution in [3.8, 4) is 11.6 Å². The molecular weight excluding hydrogens is 496 g/mol. The van der Waals surface area contributed by atoms with Gasteiger partial charge in [-0.15, -0.1) is 10.2 Å². The van der Waals surface area contributed by atoms with Gasteiger partial charge in [0.15, 0.2) is 5.82 Å². The maximum Gasteiger partial charge on any atom is 0.407 e. The Morgan fingerprint density at radius 2 is 1.64 bits per heavy atom. The summed E-state index contributed by atoms with van der Waals surface area (Å²) in [6.45, 7) is 7.13. The molecule has 10 heteroatoms. The van der Waals surface area contributed by atoms with Crippen LogP contribution in [0.2, 0.25) is 0 Å². The number of rotatable bonds is 12. The van der Waals surface area contributed by atoms with E-state index in [-0.39, 0.29) is 25.0 Å². The van der Waals surface area contributed by atoms with Gasteiger partial charge < -0.3 is 24.9 Å². The molecule has 0 aliphatic heterocycles. The molecule has 39 heavy (non-hydrogen) atoms. The second-order valence-corrected chi connectivity index (χ2v) is 9.78. The van der Waals surface area contributed by atoms with Gasteiger partial charge in [0.2, 0.25) is 0 Å². The summed E-state index contributed by atoms with van der Waals surface area (Å²) in [5, 5.41) is 18.1. The number of aromatic nitrogens is 4. The van der Waals surface area contributed by atoms with Crippen molar-refractivity contribution in [1.82, 2.24) is 24.6 Å². The number of carboxylic acid groups (broad SMARTS) is 1. The van der Waals surface area contributed by atoms with Crippen LogP contribution in [0.4, 0.5) is 10.6 Å². The standard InChI is InChI=1S/C29H36N6O4/c1-5-6-7-24-31-25-26(28(39-19(2)3)33-32-27(25)30)35(24)18-22-10-8-20(9-11-22)16-34(29(36)37)17-21-12-14-23(38-4)15-13-21/h8-15,19H,5-7,16-18H2,1-4H3,(H2,30,32)(H,36,37). The van der Waals surface area contributed by atoms with Crippen LogP contribution in [0.3, 0.4) is 0 Å². The van der Waals surface area contributed by atoms with Gasteiger partial charge in [0.05, 0.1) is 13.2 Å². The van der Waals surface area contributed by atoms with E-state index in [0.717, 1.165) is 53.0 Å². The molecule has 4 rings (SSSR count). The zero-order chi connectivity index (χ0) is 27.9. The number of nitrogen functional groups attached to an aromatic ring is 1. The number of ether oxygens (including phenoxy) is 2. The van der Waals surface area contributed by atoms with Crippen molar-refractivity contribution < 1.29 is 19.4 Å². The van der Waals surface area contributed by atoms with Crippen LogP contribution in [0.15, 0.2) is 48.5 Å². The smallest absolute Gasteiger partial charge is 0.407 e. The number of nitrogens with two attached hydrogens (primary N) is 1. The van der Waals surface area contributed by atoms with Crippen LogP contribution in [0.1, 0.15) is 56.1 Å². The van der Waals surface area contributed by atoms with Gasteiger partial charge in [-0.05, 0) is 49.1 Å². The van der Waals surface area contributed by atoms with E-state index in [2.05, 4.69) is 21.7 Å². The molecule has 0 atom stereocenters. The fourth-order valence-electron chi connectivity index (χ4n) is 4.38. The van der Waals surface area contributed by atoms with Gasteiger partial charge in [-0.2, -0.15) is 0 Å². The largest absolute Gasteiger partial charge is 0.497 e. The zero-order valence-electron chi connectivity index (χ0n) is 22.9. The first-order valence-corrected chi connectivity index (χ1v) is 13.2. The van der Waals surface area contributed by atoms with Crippen LogP contribution in [-0.4, -0.2) is 49.1 Å². The number of nitrogens with zero attached hydrogens (tertiary/aromatic N) is 5. The molecule has 2 heterocycles. The summed E-state index contributed by atoms with van der Waals surface area (Å²) in [4.78, 5) is 18.2. The van der Waals surface area contributed by atoms with Crippen molar-refractivity contribution in [2.75, 3.05) is 12.8 Å². The average molecular weight is 533 g/mol. The predicted molar refractivity (Wildman–Crippen MR) is 150 cm³/mol. The molecule has 0 aliphatic rings. The minimum Gasteiger partial charge on any atom is -0.497 e. The first-order valence-electron chi connectivity index (χ1n) is 13.2. The van der Waals surface area contributed by atoms with E-state index in [0.29, 0.717) is 17.9 Å². The number of carbonyl (C=O) groups is 1. The Bertz CT molecular complexity index is 1400. The molecular formula is C29H36N6O4. The summed E-state index contributed by atoms with van der Waals surface area (Å²) in [7, 11) is 1.60. The highest BCUT2D eigenvalue weighted by Gasteiger charge is 2.21. The molecule has 0 bridgehead atoms. The number of hydrogen-bond donors (Lipinski definition) is 2. The SMILES string of the molecule is CCCCc1nc2c(N)nnc(OC(C)C)c2n1Cc1ccc(CN(Cc2ccc(OC)cc2)C(=O)O)cc1. The van der Waals surface area contributed by atoms with Crippen molar-refractivity contribution in [2.24, 2.45) is 0 Å². The first-order chi connectivity index (χ1) is 18.8. The van der Waals surface area contributed by atoms with E-state index < -0.39 is 6.09 Å². The lowest BCUT2D eigenvalue weighted by Gasteiger charge is -2.20. The van der Waals surface area contributed by atoms with Gasteiger partial charge in [0, 0.05) is 26.1 Å². The number of methoxy groups -OCH3 is 1. The van der Waals surface area contributed by atoms with E-state index in [1.54, 1.807) is 7.11 Å². The Morgan fingerprint density at radius 3 is 2.21 bits per heavy atom. The molecule has 2 aromatic heterocycles. The highest BCUT2D eigenvalue weighted by Crippen LogP contribution is 2.29. The predicted octanol–water partition coefficient (Wildman–Crippen LogP) is 5.28. The number of aryl methyl sites for hydroxylation is 1. The maximum atomic E-state index is 12.0. The van der Waals surface area contributed by atoms with Crippen LogP contribution in [0, 0.1) is 0 Å². The first kappa shape index (κ1) is 27.7. The Hall–Kier alpha value is -4.34. The number of fused-ring (bicyclic) bond motifs is 1. The van der Waals surface area contributed by atoms with Gasteiger partial charge >= 0.3 is 6.09 Å². The number of benzene rings is 2. The summed E-state index contributed by atoms with van der Waals surface area (Å²) >= 11 is 0. The molecule has 3 N–H and O–H groups in total. The lowest BCUT2D eigenvalue weighted by atomic mass is 10.1. The van der Waals surface area contributed by atoms with Crippen molar-refractivity contribution >= 4 is 22.9 Å². The summed E-state index contributed by atoms with van der Waals surface area (Å²) in [6, 6.07) is 15.4. The fraction of sp³-hybridized carbons (Fsp3) is 0.379. The molecule has 2 aromatic carbocycles. The Morgan fingerprint density at radius 1 is 1.03 bits per heavy atom. The number of amides is 1. The highest BCUT2D eigenvalue weighted by atomic mass is 16.5. The fourth-order valence-corrected chi connectivity index (χ4v) is 4.38. The Labute approximate surface area is 228 Å². The molecule has 0 aliphatic carbocycles. The lowest BCUT2D eigenvalue weighted by molar-refractivity contribution is 0.139. The summed E-state index contributed by atoms with van der Waals surface area (Å²) in [5.41, 5.74) is 10.3. The molecule has 0 saturated heterocycles. The van der Waals surface area contributed by atoms with Crippen LogP contribution in [-0.2, 0) is 26.1 Å². The Kier molecular flexibility index (Phi) is 8.85. The van der Waals surface area contributed by atoms with E-state index in [4.69, 9.17) is 20.2 Å². The van der Waals surface area contributed by atoms with Crippen LogP contribution in [0.25, 0.3) is 11.0 Å². The molecule has 206 valence electrons. The second-order valence-electron chi connectivity index (χ2n) is 9.78. The molecule has 4 aromatic rings. The van der Waals surface area contributed by atoms with Crippen molar-refractivity contribution in [2.45, 2.75) is 65.8 Å². The van der Waals surface area contributed by atoms with E-state index in [1.807, 2.05) is 62.4 Å².